The van der Waals surface area contributed by atoms with E-state index in [1.165, 1.54) is 0 Å². The van der Waals surface area contributed by atoms with Crippen LogP contribution in [0.4, 0.5) is 13.2 Å². The van der Waals surface area contributed by atoms with Crippen molar-refractivity contribution in [2.75, 3.05) is 19.6 Å². The molecule has 1 saturated heterocycles. The van der Waals surface area contributed by atoms with E-state index in [0.717, 1.165) is 11.3 Å². The van der Waals surface area contributed by atoms with Gasteiger partial charge in [-0.1, -0.05) is 13.8 Å². The molecule has 1 amide bonds. The number of rotatable bonds is 4. The summed E-state index contributed by atoms with van der Waals surface area (Å²) in [7, 11) is 0. The Balaban J connectivity index is 2.63. The Bertz CT molecular complexity index is 260. The number of halogens is 3. The van der Waals surface area contributed by atoms with Crippen LogP contribution in [-0.4, -0.2) is 42.7 Å². The summed E-state index contributed by atoms with van der Waals surface area (Å²) in [4.78, 5) is 12.8. The summed E-state index contributed by atoms with van der Waals surface area (Å²) in [6.07, 6.45) is -2.85. The maximum absolute atomic E-state index is 12.4. The molecule has 3 nitrogen and oxygen atoms in total. The van der Waals surface area contributed by atoms with Crippen LogP contribution in [0, 0.1) is 5.92 Å². The molecule has 1 aliphatic heterocycles. The van der Waals surface area contributed by atoms with Gasteiger partial charge in [-0.3, -0.25) is 4.79 Å². The molecule has 0 aromatic rings. The van der Waals surface area contributed by atoms with Gasteiger partial charge < -0.3 is 10.2 Å². The maximum atomic E-state index is 12.4. The summed E-state index contributed by atoms with van der Waals surface area (Å²) in [6.45, 7) is 3.31. The van der Waals surface area contributed by atoms with Crippen LogP contribution in [0.25, 0.3) is 0 Å². The van der Waals surface area contributed by atoms with Crippen LogP contribution in [0.3, 0.4) is 0 Å². The van der Waals surface area contributed by atoms with Crippen molar-refractivity contribution in [3.8, 4) is 0 Å². The van der Waals surface area contributed by atoms with Gasteiger partial charge in [0.15, 0.2) is 0 Å². The highest BCUT2D eigenvalue weighted by Gasteiger charge is 2.36. The van der Waals surface area contributed by atoms with E-state index in [1.54, 1.807) is 13.8 Å². The SMILES string of the molecule is CC(C)CN(CC(F)(F)F)C(=O)[C@@H]1CCCN1. The largest absolute Gasteiger partial charge is 0.406 e. The standard InChI is InChI=1S/C11H19F3N2O/c1-8(2)6-16(7-11(12,13)14)10(17)9-4-3-5-15-9/h8-9,15H,3-7H2,1-2H3/t9-/m0/s1. The number of alkyl halides is 3. The lowest BCUT2D eigenvalue weighted by molar-refractivity contribution is -0.163. The third-order valence-electron chi connectivity index (χ3n) is 2.63. The summed E-state index contributed by atoms with van der Waals surface area (Å²) in [6, 6.07) is -0.434. The van der Waals surface area contributed by atoms with Crippen LogP contribution in [-0.2, 0) is 4.79 Å². The second kappa shape index (κ2) is 5.71. The molecule has 0 spiro atoms. The number of carbonyl (C=O) groups is 1. The van der Waals surface area contributed by atoms with Gasteiger partial charge in [0, 0.05) is 6.54 Å². The molecule has 0 unspecified atom stereocenters. The van der Waals surface area contributed by atoms with Crippen LogP contribution in [0.5, 0.6) is 0 Å². The topological polar surface area (TPSA) is 32.3 Å². The molecule has 1 N–H and O–H groups in total. The molecule has 1 atom stereocenters. The lowest BCUT2D eigenvalue weighted by Gasteiger charge is -2.28. The zero-order chi connectivity index (χ0) is 13.1. The molecule has 1 rings (SSSR count). The second-order valence-electron chi connectivity index (χ2n) is 4.88. The van der Waals surface area contributed by atoms with Gasteiger partial charge in [-0.05, 0) is 25.3 Å². The van der Waals surface area contributed by atoms with Gasteiger partial charge in [0.1, 0.15) is 6.54 Å². The first-order valence-corrected chi connectivity index (χ1v) is 5.88. The third kappa shape index (κ3) is 4.93. The first-order valence-electron chi connectivity index (χ1n) is 5.88. The van der Waals surface area contributed by atoms with E-state index >= 15 is 0 Å². The van der Waals surface area contributed by atoms with Gasteiger partial charge >= 0.3 is 6.18 Å². The van der Waals surface area contributed by atoms with Gasteiger partial charge in [-0.25, -0.2) is 0 Å². The van der Waals surface area contributed by atoms with Gasteiger partial charge in [-0.2, -0.15) is 13.2 Å². The van der Waals surface area contributed by atoms with Crippen molar-refractivity contribution < 1.29 is 18.0 Å². The van der Waals surface area contributed by atoms with Gasteiger partial charge in [-0.15, -0.1) is 0 Å². The average molecular weight is 252 g/mol. The minimum absolute atomic E-state index is 0.0303. The first-order chi connectivity index (χ1) is 7.79. The molecule has 0 bridgehead atoms. The predicted octanol–water partition coefficient (Wildman–Crippen LogP) is 1.79. The summed E-state index contributed by atoms with van der Waals surface area (Å²) in [5, 5.41) is 2.94. The van der Waals surface area contributed by atoms with Crippen LogP contribution in [0.15, 0.2) is 0 Å². The minimum atomic E-state index is -4.33. The lowest BCUT2D eigenvalue weighted by Crippen LogP contribution is -2.48. The molecule has 0 radical (unpaired) electrons. The zero-order valence-corrected chi connectivity index (χ0v) is 10.2. The molecular formula is C11H19F3N2O. The quantitative estimate of drug-likeness (QED) is 0.827. The molecule has 0 aromatic carbocycles. The highest BCUT2D eigenvalue weighted by atomic mass is 19.4. The summed E-state index contributed by atoms with van der Waals surface area (Å²) >= 11 is 0. The number of hydrogen-bond donors (Lipinski definition) is 1. The van der Waals surface area contributed by atoms with E-state index in [2.05, 4.69) is 5.32 Å². The molecule has 17 heavy (non-hydrogen) atoms. The predicted molar refractivity (Wildman–Crippen MR) is 58.5 cm³/mol. The Morgan fingerprint density at radius 3 is 2.53 bits per heavy atom. The number of hydrogen-bond acceptors (Lipinski definition) is 2. The highest BCUT2D eigenvalue weighted by Crippen LogP contribution is 2.19. The van der Waals surface area contributed by atoms with Gasteiger partial charge in [0.05, 0.1) is 6.04 Å². The van der Waals surface area contributed by atoms with Crippen LogP contribution in [0.1, 0.15) is 26.7 Å². The third-order valence-corrected chi connectivity index (χ3v) is 2.63. The van der Waals surface area contributed by atoms with Crippen LogP contribution in [0.2, 0.25) is 0 Å². The maximum Gasteiger partial charge on any atom is 0.406 e. The fourth-order valence-electron chi connectivity index (χ4n) is 2.01. The highest BCUT2D eigenvalue weighted by molar-refractivity contribution is 5.82. The van der Waals surface area contributed by atoms with Crippen LogP contribution < -0.4 is 5.32 Å². The smallest absolute Gasteiger partial charge is 0.332 e. The Kier molecular flexibility index (Phi) is 4.80. The molecule has 0 aromatic heterocycles. The Hall–Kier alpha value is -0.780. The van der Waals surface area contributed by atoms with Crippen molar-refractivity contribution >= 4 is 5.91 Å². The molecule has 1 fully saturated rings. The van der Waals surface area contributed by atoms with Crippen molar-refractivity contribution in [3.63, 3.8) is 0 Å². The van der Waals surface area contributed by atoms with Crippen molar-refractivity contribution in [2.45, 2.75) is 38.9 Å². The Morgan fingerprint density at radius 1 is 1.47 bits per heavy atom. The lowest BCUT2D eigenvalue weighted by atomic mass is 10.1. The summed E-state index contributed by atoms with van der Waals surface area (Å²) < 4.78 is 37.2. The van der Waals surface area contributed by atoms with E-state index in [9.17, 15) is 18.0 Å². The number of amides is 1. The molecular weight excluding hydrogens is 233 g/mol. The molecule has 1 heterocycles. The van der Waals surface area contributed by atoms with Crippen molar-refractivity contribution in [2.24, 2.45) is 5.92 Å². The van der Waals surface area contributed by atoms with Gasteiger partial charge in [0.25, 0.3) is 0 Å². The molecule has 0 saturated carbocycles. The fourth-order valence-corrected chi connectivity index (χ4v) is 2.01. The van der Waals surface area contributed by atoms with Gasteiger partial charge in [0.2, 0.25) is 5.91 Å². The number of nitrogens with zero attached hydrogens (tertiary/aromatic N) is 1. The minimum Gasteiger partial charge on any atom is -0.332 e. The number of carbonyl (C=O) groups excluding carboxylic acids is 1. The van der Waals surface area contributed by atoms with E-state index < -0.39 is 24.7 Å². The van der Waals surface area contributed by atoms with Crippen molar-refractivity contribution in [1.82, 2.24) is 10.2 Å². The second-order valence-corrected chi connectivity index (χ2v) is 4.88. The normalized spacial score (nSPS) is 20.9. The van der Waals surface area contributed by atoms with Crippen LogP contribution >= 0.6 is 0 Å². The van der Waals surface area contributed by atoms with Crippen molar-refractivity contribution in [3.05, 3.63) is 0 Å². The Labute approximate surface area is 99.4 Å². The van der Waals surface area contributed by atoms with E-state index in [4.69, 9.17) is 0 Å². The first kappa shape index (κ1) is 14.3. The van der Waals surface area contributed by atoms with E-state index in [1.807, 2.05) is 0 Å². The van der Waals surface area contributed by atoms with Crippen molar-refractivity contribution in [1.29, 1.82) is 0 Å². The van der Waals surface area contributed by atoms with E-state index in [-0.39, 0.29) is 12.5 Å². The summed E-state index contributed by atoms with van der Waals surface area (Å²) in [5.41, 5.74) is 0. The molecule has 6 heteroatoms. The van der Waals surface area contributed by atoms with E-state index in [0.29, 0.717) is 13.0 Å². The Morgan fingerprint density at radius 2 is 2.12 bits per heavy atom. The fraction of sp³-hybridized carbons (Fsp3) is 0.909. The monoisotopic (exact) mass is 252 g/mol. The summed E-state index contributed by atoms with van der Waals surface area (Å²) in [5.74, 6) is -0.392. The average Bonchev–Trinajstić information content (AvgIpc) is 2.65. The zero-order valence-electron chi connectivity index (χ0n) is 10.2. The molecule has 1 aliphatic rings. The number of nitrogens with one attached hydrogen (secondary N) is 1. The molecule has 100 valence electrons. The molecule has 0 aliphatic carbocycles.